The number of hydrogen-bond acceptors (Lipinski definition) is 4. The first kappa shape index (κ1) is 11.9. The molecule has 2 N–H and O–H groups in total. The molecule has 4 heteroatoms. The van der Waals surface area contributed by atoms with Crippen LogP contribution in [0.15, 0.2) is 12.1 Å². The number of ether oxygens (including phenoxy) is 2. The first-order valence-electron chi connectivity index (χ1n) is 5.06. The standard InChI is InChI=1S/C11H18N2O2/c1-9-4-5-11(10(8-12)13-9)15-7-3-6-14-2/h4-5H,3,6-8,12H2,1-2H3. The number of pyridine rings is 1. The third-order valence-corrected chi connectivity index (χ3v) is 2.02. The summed E-state index contributed by atoms with van der Waals surface area (Å²) in [5.41, 5.74) is 7.35. The van der Waals surface area contributed by atoms with Gasteiger partial charge in [0, 0.05) is 32.4 Å². The van der Waals surface area contributed by atoms with Gasteiger partial charge < -0.3 is 15.2 Å². The molecule has 0 fully saturated rings. The second-order valence-electron chi connectivity index (χ2n) is 3.30. The molecule has 0 atom stereocenters. The van der Waals surface area contributed by atoms with Gasteiger partial charge in [-0.3, -0.25) is 4.98 Å². The lowest BCUT2D eigenvalue weighted by molar-refractivity contribution is 0.171. The molecule has 0 saturated heterocycles. The smallest absolute Gasteiger partial charge is 0.142 e. The van der Waals surface area contributed by atoms with Gasteiger partial charge in [-0.05, 0) is 19.1 Å². The molecule has 0 aliphatic heterocycles. The summed E-state index contributed by atoms with van der Waals surface area (Å²) in [5, 5.41) is 0. The summed E-state index contributed by atoms with van der Waals surface area (Å²) >= 11 is 0. The van der Waals surface area contributed by atoms with Crippen LogP contribution in [-0.4, -0.2) is 25.3 Å². The highest BCUT2D eigenvalue weighted by Crippen LogP contribution is 2.16. The summed E-state index contributed by atoms with van der Waals surface area (Å²) in [4.78, 5) is 4.31. The van der Waals surface area contributed by atoms with E-state index in [9.17, 15) is 0 Å². The van der Waals surface area contributed by atoms with Crippen LogP contribution in [0.4, 0.5) is 0 Å². The molecule has 0 radical (unpaired) electrons. The van der Waals surface area contributed by atoms with Crippen molar-refractivity contribution in [3.05, 3.63) is 23.5 Å². The second-order valence-corrected chi connectivity index (χ2v) is 3.30. The van der Waals surface area contributed by atoms with Gasteiger partial charge in [0.25, 0.3) is 0 Å². The third-order valence-electron chi connectivity index (χ3n) is 2.02. The van der Waals surface area contributed by atoms with Gasteiger partial charge in [0.05, 0.1) is 12.3 Å². The van der Waals surface area contributed by atoms with Crippen molar-refractivity contribution in [2.24, 2.45) is 5.73 Å². The second kappa shape index (κ2) is 6.37. The molecule has 0 amide bonds. The van der Waals surface area contributed by atoms with E-state index in [-0.39, 0.29) is 0 Å². The Morgan fingerprint density at radius 3 is 2.80 bits per heavy atom. The molecule has 84 valence electrons. The number of methoxy groups -OCH3 is 1. The molecule has 0 saturated carbocycles. The van der Waals surface area contributed by atoms with Crippen molar-refractivity contribution < 1.29 is 9.47 Å². The average molecular weight is 210 g/mol. The molecule has 1 aromatic rings. The van der Waals surface area contributed by atoms with Crippen molar-refractivity contribution in [1.82, 2.24) is 4.98 Å². The summed E-state index contributed by atoms with van der Waals surface area (Å²) in [5.74, 6) is 0.777. The lowest BCUT2D eigenvalue weighted by Gasteiger charge is -2.09. The van der Waals surface area contributed by atoms with E-state index in [0.717, 1.165) is 23.6 Å². The highest BCUT2D eigenvalue weighted by atomic mass is 16.5. The number of hydrogen-bond donors (Lipinski definition) is 1. The summed E-state index contributed by atoms with van der Waals surface area (Å²) in [6, 6.07) is 3.84. The lowest BCUT2D eigenvalue weighted by atomic mass is 10.3. The molecule has 0 bridgehead atoms. The Kier molecular flexibility index (Phi) is 5.07. The maximum Gasteiger partial charge on any atom is 0.142 e. The van der Waals surface area contributed by atoms with Gasteiger partial charge in [0.15, 0.2) is 0 Å². The minimum Gasteiger partial charge on any atom is -0.492 e. The van der Waals surface area contributed by atoms with Gasteiger partial charge in [-0.25, -0.2) is 0 Å². The maximum atomic E-state index is 5.58. The molecule has 0 spiro atoms. The topological polar surface area (TPSA) is 57.4 Å². The molecule has 1 rings (SSSR count). The largest absolute Gasteiger partial charge is 0.492 e. The number of aryl methyl sites for hydroxylation is 1. The van der Waals surface area contributed by atoms with Gasteiger partial charge in [-0.1, -0.05) is 0 Å². The van der Waals surface area contributed by atoms with Gasteiger partial charge in [0.2, 0.25) is 0 Å². The third kappa shape index (κ3) is 3.85. The van der Waals surface area contributed by atoms with E-state index in [1.807, 2.05) is 19.1 Å². The zero-order chi connectivity index (χ0) is 11.1. The highest BCUT2D eigenvalue weighted by Gasteiger charge is 2.03. The number of nitrogens with two attached hydrogens (primary N) is 1. The molecule has 1 heterocycles. The molecule has 0 aliphatic carbocycles. The molecular formula is C11H18N2O2. The first-order valence-corrected chi connectivity index (χ1v) is 5.06. The normalized spacial score (nSPS) is 10.3. The van der Waals surface area contributed by atoms with E-state index in [2.05, 4.69) is 4.98 Å². The van der Waals surface area contributed by atoms with E-state index in [1.54, 1.807) is 7.11 Å². The van der Waals surface area contributed by atoms with Crippen molar-refractivity contribution >= 4 is 0 Å². The van der Waals surface area contributed by atoms with Crippen LogP contribution in [0.25, 0.3) is 0 Å². The van der Waals surface area contributed by atoms with Crippen LogP contribution < -0.4 is 10.5 Å². The van der Waals surface area contributed by atoms with Gasteiger partial charge in [0.1, 0.15) is 5.75 Å². The fourth-order valence-corrected chi connectivity index (χ4v) is 1.26. The van der Waals surface area contributed by atoms with Crippen molar-refractivity contribution in [1.29, 1.82) is 0 Å². The van der Waals surface area contributed by atoms with Gasteiger partial charge in [-0.2, -0.15) is 0 Å². The number of rotatable bonds is 6. The zero-order valence-electron chi connectivity index (χ0n) is 9.32. The molecule has 1 aromatic heterocycles. The van der Waals surface area contributed by atoms with Gasteiger partial charge in [-0.15, -0.1) is 0 Å². The van der Waals surface area contributed by atoms with Crippen LogP contribution in [0.1, 0.15) is 17.8 Å². The van der Waals surface area contributed by atoms with Gasteiger partial charge >= 0.3 is 0 Å². The van der Waals surface area contributed by atoms with E-state index < -0.39 is 0 Å². The van der Waals surface area contributed by atoms with Crippen LogP contribution in [0.5, 0.6) is 5.75 Å². The molecule has 4 nitrogen and oxygen atoms in total. The monoisotopic (exact) mass is 210 g/mol. The van der Waals surface area contributed by atoms with Crippen LogP contribution in [0.3, 0.4) is 0 Å². The summed E-state index contributed by atoms with van der Waals surface area (Å²) < 4.78 is 10.5. The molecule has 0 unspecified atom stereocenters. The molecular weight excluding hydrogens is 192 g/mol. The molecule has 0 aliphatic rings. The Bertz CT molecular complexity index is 303. The maximum absolute atomic E-state index is 5.58. The average Bonchev–Trinajstić information content (AvgIpc) is 2.26. The van der Waals surface area contributed by atoms with E-state index in [1.165, 1.54) is 0 Å². The Hall–Kier alpha value is -1.13. The van der Waals surface area contributed by atoms with Crippen molar-refractivity contribution in [3.8, 4) is 5.75 Å². The van der Waals surface area contributed by atoms with Crippen LogP contribution >= 0.6 is 0 Å². The fraction of sp³-hybridized carbons (Fsp3) is 0.545. The predicted molar refractivity (Wildman–Crippen MR) is 58.9 cm³/mol. The van der Waals surface area contributed by atoms with Crippen LogP contribution in [0, 0.1) is 6.92 Å². The molecule has 15 heavy (non-hydrogen) atoms. The first-order chi connectivity index (χ1) is 7.27. The Morgan fingerprint density at radius 2 is 2.13 bits per heavy atom. The van der Waals surface area contributed by atoms with Crippen LogP contribution in [-0.2, 0) is 11.3 Å². The van der Waals surface area contributed by atoms with Crippen molar-refractivity contribution in [3.63, 3.8) is 0 Å². The van der Waals surface area contributed by atoms with Crippen molar-refractivity contribution in [2.45, 2.75) is 19.9 Å². The minimum absolute atomic E-state index is 0.404. The SMILES string of the molecule is COCCCOc1ccc(C)nc1CN. The fourth-order valence-electron chi connectivity index (χ4n) is 1.26. The Morgan fingerprint density at radius 1 is 1.33 bits per heavy atom. The number of nitrogens with zero attached hydrogens (tertiary/aromatic N) is 1. The number of aromatic nitrogens is 1. The van der Waals surface area contributed by atoms with Crippen LogP contribution in [0.2, 0.25) is 0 Å². The van der Waals surface area contributed by atoms with E-state index in [4.69, 9.17) is 15.2 Å². The minimum atomic E-state index is 0.404. The Balaban J connectivity index is 2.52. The van der Waals surface area contributed by atoms with Crippen molar-refractivity contribution in [2.75, 3.05) is 20.3 Å². The Labute approximate surface area is 90.4 Å². The highest BCUT2D eigenvalue weighted by molar-refractivity contribution is 5.28. The van der Waals surface area contributed by atoms with E-state index in [0.29, 0.717) is 19.8 Å². The summed E-state index contributed by atoms with van der Waals surface area (Å²) in [6.07, 6.45) is 0.869. The predicted octanol–water partition coefficient (Wildman–Crippen LogP) is 1.26. The van der Waals surface area contributed by atoms with E-state index >= 15 is 0 Å². The lowest BCUT2D eigenvalue weighted by Crippen LogP contribution is -2.07. The summed E-state index contributed by atoms with van der Waals surface area (Å²) in [6.45, 7) is 3.68. The molecule has 0 aromatic carbocycles. The quantitative estimate of drug-likeness (QED) is 0.718. The summed E-state index contributed by atoms with van der Waals surface area (Å²) in [7, 11) is 1.68. The zero-order valence-corrected chi connectivity index (χ0v) is 9.32.